The fraction of sp³-hybridized carbons (Fsp3) is 0.0952. The molecule has 0 fully saturated rings. The molecule has 0 radical (unpaired) electrons. The van der Waals surface area contributed by atoms with Crippen LogP contribution in [-0.4, -0.2) is 19.6 Å². The van der Waals surface area contributed by atoms with Crippen LogP contribution in [0.15, 0.2) is 78.9 Å². The Morgan fingerprint density at radius 1 is 0.808 bits per heavy atom. The van der Waals surface area contributed by atoms with Gasteiger partial charge in [-0.1, -0.05) is 42.5 Å². The van der Waals surface area contributed by atoms with Gasteiger partial charge in [0, 0.05) is 0 Å². The zero-order chi connectivity index (χ0) is 18.2. The summed E-state index contributed by atoms with van der Waals surface area (Å²) in [6.07, 6.45) is 0. The van der Waals surface area contributed by atoms with E-state index in [4.69, 9.17) is 9.47 Å². The minimum absolute atomic E-state index is 0.104. The molecule has 0 aromatic heterocycles. The van der Waals surface area contributed by atoms with Crippen LogP contribution in [-0.2, 0) is 4.79 Å². The molecule has 5 heteroatoms. The summed E-state index contributed by atoms with van der Waals surface area (Å²) in [5, 5.41) is 5.95. The average Bonchev–Trinajstić information content (AvgIpc) is 2.68. The first kappa shape index (κ1) is 17.4. The number of benzene rings is 3. The van der Waals surface area contributed by atoms with Crippen LogP contribution in [0.3, 0.4) is 0 Å². The van der Waals surface area contributed by atoms with Crippen LogP contribution in [0.4, 0.5) is 11.4 Å². The van der Waals surface area contributed by atoms with Crippen molar-refractivity contribution in [2.45, 2.75) is 0 Å². The van der Waals surface area contributed by atoms with Gasteiger partial charge in [-0.05, 0) is 36.4 Å². The molecule has 26 heavy (non-hydrogen) atoms. The Morgan fingerprint density at radius 2 is 1.42 bits per heavy atom. The van der Waals surface area contributed by atoms with Gasteiger partial charge >= 0.3 is 0 Å². The van der Waals surface area contributed by atoms with E-state index in [0.717, 1.165) is 11.4 Å². The van der Waals surface area contributed by atoms with Crippen molar-refractivity contribution in [1.82, 2.24) is 0 Å². The molecule has 0 aliphatic carbocycles. The number of nitrogens with one attached hydrogen (secondary N) is 2. The quantitative estimate of drug-likeness (QED) is 0.658. The number of methoxy groups -OCH3 is 1. The Labute approximate surface area is 152 Å². The summed E-state index contributed by atoms with van der Waals surface area (Å²) in [4.78, 5) is 12.3. The second kappa shape index (κ2) is 8.58. The summed E-state index contributed by atoms with van der Waals surface area (Å²) in [6, 6.07) is 24.3. The molecule has 2 N–H and O–H groups in total. The third-order valence-electron chi connectivity index (χ3n) is 3.68. The lowest BCUT2D eigenvalue weighted by molar-refractivity contribution is -0.114. The van der Waals surface area contributed by atoms with Crippen molar-refractivity contribution in [3.63, 3.8) is 0 Å². The maximum Gasteiger partial charge on any atom is 0.243 e. The third-order valence-corrected chi connectivity index (χ3v) is 3.68. The smallest absolute Gasteiger partial charge is 0.243 e. The van der Waals surface area contributed by atoms with Crippen LogP contribution >= 0.6 is 0 Å². The SMILES string of the molecule is COc1ccccc1NC(=O)CNc1ccccc1Oc1ccccc1. The van der Waals surface area contributed by atoms with E-state index in [9.17, 15) is 4.79 Å². The van der Waals surface area contributed by atoms with Crippen molar-refractivity contribution in [2.24, 2.45) is 0 Å². The second-order valence-electron chi connectivity index (χ2n) is 5.51. The van der Waals surface area contributed by atoms with Crippen LogP contribution in [0.1, 0.15) is 0 Å². The Bertz CT molecular complexity index is 866. The number of rotatable bonds is 7. The zero-order valence-electron chi connectivity index (χ0n) is 14.4. The molecule has 132 valence electrons. The molecule has 0 atom stereocenters. The van der Waals surface area contributed by atoms with Crippen molar-refractivity contribution in [3.05, 3.63) is 78.9 Å². The Kier molecular flexibility index (Phi) is 5.72. The van der Waals surface area contributed by atoms with Gasteiger partial charge in [0.05, 0.1) is 25.0 Å². The molecule has 0 aliphatic heterocycles. The Balaban J connectivity index is 1.63. The number of anilines is 2. The van der Waals surface area contributed by atoms with Gasteiger partial charge < -0.3 is 20.1 Å². The summed E-state index contributed by atoms with van der Waals surface area (Å²) in [5.41, 5.74) is 1.38. The van der Waals surface area contributed by atoms with Gasteiger partial charge in [-0.15, -0.1) is 0 Å². The third kappa shape index (κ3) is 4.54. The molecule has 0 spiro atoms. The number of ether oxygens (including phenoxy) is 2. The fourth-order valence-electron chi connectivity index (χ4n) is 2.43. The molecule has 0 saturated carbocycles. The Hall–Kier alpha value is -3.47. The molecular weight excluding hydrogens is 328 g/mol. The van der Waals surface area contributed by atoms with Gasteiger partial charge in [-0.3, -0.25) is 4.79 Å². The van der Waals surface area contributed by atoms with E-state index in [-0.39, 0.29) is 12.5 Å². The van der Waals surface area contributed by atoms with Crippen molar-refractivity contribution in [1.29, 1.82) is 0 Å². The predicted octanol–water partition coefficient (Wildman–Crippen LogP) is 4.54. The van der Waals surface area contributed by atoms with Crippen molar-refractivity contribution >= 4 is 17.3 Å². The fourth-order valence-corrected chi connectivity index (χ4v) is 2.43. The van der Waals surface area contributed by atoms with Gasteiger partial charge in [0.2, 0.25) is 5.91 Å². The van der Waals surface area contributed by atoms with E-state index in [2.05, 4.69) is 10.6 Å². The summed E-state index contributed by atoms with van der Waals surface area (Å²) < 4.78 is 11.1. The lowest BCUT2D eigenvalue weighted by atomic mass is 10.2. The maximum absolute atomic E-state index is 12.3. The molecule has 3 aromatic carbocycles. The molecular formula is C21H20N2O3. The highest BCUT2D eigenvalue weighted by Gasteiger charge is 2.09. The van der Waals surface area contributed by atoms with Crippen LogP contribution in [0.5, 0.6) is 17.2 Å². The van der Waals surface area contributed by atoms with Crippen molar-refractivity contribution in [2.75, 3.05) is 24.3 Å². The molecule has 5 nitrogen and oxygen atoms in total. The zero-order valence-corrected chi connectivity index (χ0v) is 14.4. The number of carbonyl (C=O) groups excluding carboxylic acids is 1. The number of hydrogen-bond acceptors (Lipinski definition) is 4. The van der Waals surface area contributed by atoms with E-state index >= 15 is 0 Å². The topological polar surface area (TPSA) is 59.6 Å². The average molecular weight is 348 g/mol. The van der Waals surface area contributed by atoms with E-state index < -0.39 is 0 Å². The largest absolute Gasteiger partial charge is 0.495 e. The standard InChI is InChI=1S/C21H20N2O3/c1-25-19-13-7-6-12-18(19)23-21(24)15-22-17-11-5-8-14-20(17)26-16-9-3-2-4-10-16/h2-14,22H,15H2,1H3,(H,23,24). The number of amides is 1. The molecule has 0 aliphatic rings. The van der Waals surface area contributed by atoms with Gasteiger partial charge in [0.1, 0.15) is 11.5 Å². The van der Waals surface area contributed by atoms with Crippen LogP contribution in [0.25, 0.3) is 0 Å². The number of carbonyl (C=O) groups is 1. The molecule has 0 saturated heterocycles. The van der Waals surface area contributed by atoms with Crippen LogP contribution in [0, 0.1) is 0 Å². The summed E-state index contributed by atoms with van der Waals surface area (Å²) in [6.45, 7) is 0.104. The minimum Gasteiger partial charge on any atom is -0.495 e. The van der Waals surface area contributed by atoms with Gasteiger partial charge in [0.25, 0.3) is 0 Å². The normalized spacial score (nSPS) is 10.0. The first-order chi connectivity index (χ1) is 12.8. The molecule has 0 bridgehead atoms. The Morgan fingerprint density at radius 3 is 2.15 bits per heavy atom. The molecule has 3 aromatic rings. The first-order valence-electron chi connectivity index (χ1n) is 8.25. The van der Waals surface area contributed by atoms with Crippen LogP contribution in [0.2, 0.25) is 0 Å². The maximum atomic E-state index is 12.3. The van der Waals surface area contributed by atoms with E-state index in [1.807, 2.05) is 66.7 Å². The lowest BCUT2D eigenvalue weighted by Gasteiger charge is -2.14. The van der Waals surface area contributed by atoms with Gasteiger partial charge in [-0.25, -0.2) is 0 Å². The van der Waals surface area contributed by atoms with Crippen LogP contribution < -0.4 is 20.1 Å². The van der Waals surface area contributed by atoms with E-state index in [1.165, 1.54) is 0 Å². The first-order valence-corrected chi connectivity index (χ1v) is 8.25. The molecule has 3 rings (SSSR count). The summed E-state index contributed by atoms with van der Waals surface area (Å²) >= 11 is 0. The highest BCUT2D eigenvalue weighted by Crippen LogP contribution is 2.29. The molecule has 0 unspecified atom stereocenters. The lowest BCUT2D eigenvalue weighted by Crippen LogP contribution is -2.22. The highest BCUT2D eigenvalue weighted by atomic mass is 16.5. The molecule has 0 heterocycles. The number of para-hydroxylation sites is 5. The van der Waals surface area contributed by atoms with Gasteiger partial charge in [0.15, 0.2) is 5.75 Å². The van der Waals surface area contributed by atoms with Crippen molar-refractivity contribution in [3.8, 4) is 17.2 Å². The minimum atomic E-state index is -0.177. The van der Waals surface area contributed by atoms with Crippen molar-refractivity contribution < 1.29 is 14.3 Å². The van der Waals surface area contributed by atoms with Gasteiger partial charge in [-0.2, -0.15) is 0 Å². The predicted molar refractivity (Wildman–Crippen MR) is 103 cm³/mol. The van der Waals surface area contributed by atoms with E-state index in [0.29, 0.717) is 17.2 Å². The summed E-state index contributed by atoms with van der Waals surface area (Å²) in [7, 11) is 1.57. The monoisotopic (exact) mass is 348 g/mol. The summed E-state index contributed by atoms with van der Waals surface area (Å²) in [5.74, 6) is 1.83. The highest BCUT2D eigenvalue weighted by molar-refractivity contribution is 5.95. The second-order valence-corrected chi connectivity index (χ2v) is 5.51. The number of hydrogen-bond donors (Lipinski definition) is 2. The van der Waals surface area contributed by atoms with E-state index in [1.54, 1.807) is 19.2 Å². The molecule has 1 amide bonds.